The molecule has 5 aliphatic rings. The van der Waals surface area contributed by atoms with Crippen molar-refractivity contribution in [2.24, 2.45) is 50.2 Å². The highest BCUT2D eigenvalue weighted by atomic mass is 79.9. The largest absolute Gasteiger partial charge is 0.460 e. The van der Waals surface area contributed by atoms with E-state index in [-0.39, 0.29) is 51.6 Å². The third-order valence-corrected chi connectivity index (χ3v) is 15.2. The molecule has 0 aromatic heterocycles. The summed E-state index contributed by atoms with van der Waals surface area (Å²) in [5.41, 5.74) is 2.16. The number of rotatable bonds is 3. The standard InChI is InChI=1S/C37H52BrFO3/c1-32(2)28-12-15-37(7)29(35(28,5)14-13-30(32)40)11-10-25-26-21-34(4,17-16-33(26,3)18-19-36(25,37)6)31(41)42-22-23-8-9-24(38)20-27(23)39/h8-10,20,26,28-30,40H,11-19,21-22H2,1-7H3/t26-,28-,29+,30-,33+,34-,35-,36+,37+/m0/s1. The predicted molar refractivity (Wildman–Crippen MR) is 169 cm³/mol. The lowest BCUT2D eigenvalue weighted by Crippen LogP contribution is -2.64. The van der Waals surface area contributed by atoms with Crippen LogP contribution in [0.25, 0.3) is 0 Å². The predicted octanol–water partition coefficient (Wildman–Crippen LogP) is 9.79. The van der Waals surface area contributed by atoms with Crippen molar-refractivity contribution in [1.82, 2.24) is 0 Å². The highest BCUT2D eigenvalue weighted by Gasteiger charge is 2.68. The molecule has 9 atom stereocenters. The third-order valence-electron chi connectivity index (χ3n) is 14.7. The highest BCUT2D eigenvalue weighted by molar-refractivity contribution is 9.10. The van der Waals surface area contributed by atoms with Gasteiger partial charge in [0.15, 0.2) is 0 Å². The van der Waals surface area contributed by atoms with Crippen molar-refractivity contribution in [3.8, 4) is 0 Å². The minimum atomic E-state index is -0.569. The summed E-state index contributed by atoms with van der Waals surface area (Å²) < 4.78 is 21.0. The summed E-state index contributed by atoms with van der Waals surface area (Å²) in [6.45, 7) is 16.9. The summed E-state index contributed by atoms with van der Waals surface area (Å²) >= 11 is 3.31. The Kier molecular flexibility index (Phi) is 7.26. The molecule has 1 aromatic carbocycles. The van der Waals surface area contributed by atoms with Crippen LogP contribution in [0.2, 0.25) is 0 Å². The molecule has 4 fully saturated rings. The molecule has 42 heavy (non-hydrogen) atoms. The molecule has 1 aromatic rings. The van der Waals surface area contributed by atoms with E-state index in [1.807, 2.05) is 0 Å². The first kappa shape index (κ1) is 30.8. The van der Waals surface area contributed by atoms with Gasteiger partial charge in [-0.05, 0) is 128 Å². The van der Waals surface area contributed by atoms with Gasteiger partial charge in [0, 0.05) is 10.0 Å². The van der Waals surface area contributed by atoms with Crippen LogP contribution in [0.15, 0.2) is 34.3 Å². The molecule has 0 bridgehead atoms. The van der Waals surface area contributed by atoms with E-state index in [0.717, 1.165) is 38.5 Å². The summed E-state index contributed by atoms with van der Waals surface area (Å²) in [5.74, 6) is 0.975. The van der Waals surface area contributed by atoms with E-state index in [9.17, 15) is 14.3 Å². The summed E-state index contributed by atoms with van der Waals surface area (Å²) in [6, 6.07) is 4.90. The van der Waals surface area contributed by atoms with E-state index >= 15 is 0 Å². The normalized spacial score (nSPS) is 45.9. The van der Waals surface area contributed by atoms with E-state index in [0.29, 0.717) is 27.8 Å². The Bertz CT molecular complexity index is 1310. The quantitative estimate of drug-likeness (QED) is 0.264. The van der Waals surface area contributed by atoms with Crippen molar-refractivity contribution < 1.29 is 19.0 Å². The molecular weight excluding hydrogens is 591 g/mol. The lowest BCUT2D eigenvalue weighted by molar-refractivity contribution is -0.203. The van der Waals surface area contributed by atoms with Gasteiger partial charge in [0.05, 0.1) is 11.5 Å². The van der Waals surface area contributed by atoms with Gasteiger partial charge in [-0.25, -0.2) is 4.39 Å². The van der Waals surface area contributed by atoms with Gasteiger partial charge in [0.2, 0.25) is 0 Å². The molecule has 4 saturated carbocycles. The minimum absolute atomic E-state index is 0.0274. The van der Waals surface area contributed by atoms with Crippen LogP contribution < -0.4 is 0 Å². The fourth-order valence-electron chi connectivity index (χ4n) is 11.5. The smallest absolute Gasteiger partial charge is 0.312 e. The lowest BCUT2D eigenvalue weighted by atomic mass is 9.33. The van der Waals surface area contributed by atoms with Crippen molar-refractivity contribution in [2.45, 2.75) is 125 Å². The molecule has 6 rings (SSSR count). The van der Waals surface area contributed by atoms with Crippen LogP contribution in [0.5, 0.6) is 0 Å². The van der Waals surface area contributed by atoms with Gasteiger partial charge in [-0.1, -0.05) is 75.2 Å². The highest BCUT2D eigenvalue weighted by Crippen LogP contribution is 2.75. The Hall–Kier alpha value is -1.20. The maximum atomic E-state index is 14.5. The first-order valence-electron chi connectivity index (χ1n) is 16.5. The molecule has 1 N–H and O–H groups in total. The van der Waals surface area contributed by atoms with Gasteiger partial charge in [-0.15, -0.1) is 0 Å². The van der Waals surface area contributed by atoms with E-state index in [1.54, 1.807) is 17.7 Å². The van der Waals surface area contributed by atoms with Crippen molar-refractivity contribution in [3.63, 3.8) is 0 Å². The third kappa shape index (κ3) is 4.28. The number of halogens is 2. The van der Waals surface area contributed by atoms with Gasteiger partial charge < -0.3 is 9.84 Å². The van der Waals surface area contributed by atoms with Crippen LogP contribution in [0.3, 0.4) is 0 Å². The van der Waals surface area contributed by atoms with Gasteiger partial charge in [0.1, 0.15) is 12.4 Å². The molecule has 5 heteroatoms. The second kappa shape index (κ2) is 9.90. The molecule has 3 nitrogen and oxygen atoms in total. The van der Waals surface area contributed by atoms with E-state index < -0.39 is 5.41 Å². The van der Waals surface area contributed by atoms with E-state index in [4.69, 9.17) is 4.74 Å². The Balaban J connectivity index is 1.28. The van der Waals surface area contributed by atoms with Crippen LogP contribution in [-0.4, -0.2) is 17.2 Å². The van der Waals surface area contributed by atoms with Crippen LogP contribution >= 0.6 is 15.9 Å². The summed E-state index contributed by atoms with van der Waals surface area (Å²) in [5, 5.41) is 11.0. The molecule has 0 amide bonds. The zero-order chi connectivity index (χ0) is 30.5. The van der Waals surface area contributed by atoms with Crippen molar-refractivity contribution >= 4 is 21.9 Å². The van der Waals surface area contributed by atoms with Gasteiger partial charge in [-0.3, -0.25) is 4.79 Å². The molecular formula is C37H52BrFO3. The number of aliphatic hydroxyl groups excluding tert-OH is 1. The van der Waals surface area contributed by atoms with Crippen molar-refractivity contribution in [3.05, 3.63) is 45.7 Å². The summed E-state index contributed by atoms with van der Waals surface area (Å²) in [4.78, 5) is 13.7. The first-order chi connectivity index (χ1) is 19.5. The number of allylic oxidation sites excluding steroid dienone is 2. The number of ether oxygens (including phenoxy) is 1. The number of esters is 1. The van der Waals surface area contributed by atoms with E-state index in [2.05, 4.69) is 70.5 Å². The van der Waals surface area contributed by atoms with Crippen LogP contribution in [0.1, 0.15) is 118 Å². The number of carbonyl (C=O) groups is 1. The Labute approximate surface area is 261 Å². The molecule has 0 spiro atoms. The lowest BCUT2D eigenvalue weighted by Gasteiger charge is -2.71. The van der Waals surface area contributed by atoms with E-state index in [1.165, 1.54) is 31.7 Å². The van der Waals surface area contributed by atoms with Crippen LogP contribution in [0.4, 0.5) is 4.39 Å². The first-order valence-corrected chi connectivity index (χ1v) is 17.3. The fraction of sp³-hybridized carbons (Fsp3) is 0.757. The molecule has 0 saturated heterocycles. The van der Waals surface area contributed by atoms with Gasteiger partial charge in [0.25, 0.3) is 0 Å². The maximum absolute atomic E-state index is 14.5. The summed E-state index contributed by atoms with van der Waals surface area (Å²) in [6.07, 6.45) is 13.0. The van der Waals surface area contributed by atoms with Crippen LogP contribution in [-0.2, 0) is 16.1 Å². The number of fused-ring (bicyclic) bond motifs is 7. The molecule has 5 aliphatic carbocycles. The Morgan fingerprint density at radius 2 is 1.69 bits per heavy atom. The zero-order valence-electron chi connectivity index (χ0n) is 26.9. The number of benzene rings is 1. The molecule has 0 heterocycles. The Morgan fingerprint density at radius 3 is 2.40 bits per heavy atom. The average molecular weight is 644 g/mol. The monoisotopic (exact) mass is 642 g/mol. The molecule has 0 radical (unpaired) electrons. The molecule has 0 unspecified atom stereocenters. The van der Waals surface area contributed by atoms with Gasteiger partial charge >= 0.3 is 5.97 Å². The fourth-order valence-corrected chi connectivity index (χ4v) is 11.8. The topological polar surface area (TPSA) is 46.5 Å². The summed E-state index contributed by atoms with van der Waals surface area (Å²) in [7, 11) is 0. The van der Waals surface area contributed by atoms with Crippen molar-refractivity contribution in [2.75, 3.05) is 0 Å². The number of hydrogen-bond donors (Lipinski definition) is 1. The number of aliphatic hydroxyl groups is 1. The maximum Gasteiger partial charge on any atom is 0.312 e. The second-order valence-corrected chi connectivity index (χ2v) is 17.9. The average Bonchev–Trinajstić information content (AvgIpc) is 2.92. The Morgan fingerprint density at radius 1 is 0.976 bits per heavy atom. The molecule has 232 valence electrons. The minimum Gasteiger partial charge on any atom is -0.460 e. The second-order valence-electron chi connectivity index (χ2n) is 17.0. The molecule has 0 aliphatic heterocycles. The van der Waals surface area contributed by atoms with Crippen molar-refractivity contribution in [1.29, 1.82) is 0 Å². The zero-order valence-corrected chi connectivity index (χ0v) is 28.5. The number of hydrogen-bond acceptors (Lipinski definition) is 3. The van der Waals surface area contributed by atoms with Crippen LogP contribution in [0, 0.1) is 56.1 Å². The SMILES string of the molecule is CC1(C)[C@@H](O)CC[C@]2(C)[C@H]3CC=C4[C@@H]5C[C@@](C)(C(=O)OCc6ccc(Br)cc6F)CC[C@]5(C)CC[C@@]4(C)[C@]3(C)CC[C@@H]12. The number of carbonyl (C=O) groups excluding carboxylic acids is 1. The van der Waals surface area contributed by atoms with Gasteiger partial charge in [-0.2, -0.15) is 0 Å².